The molecule has 7 saturated carbocycles. The molecule has 146 valence electrons. The number of hydrogen-bond acceptors (Lipinski definition) is 5. The second-order valence-electron chi connectivity index (χ2n) is 10.4. The van der Waals surface area contributed by atoms with E-state index in [0.29, 0.717) is 12.8 Å². The number of Topliss-reactive ketones (excluding diaryl/α,β-unsaturated/α-hetero) is 1. The van der Waals surface area contributed by atoms with E-state index in [9.17, 15) is 15.0 Å². The van der Waals surface area contributed by atoms with Crippen LogP contribution in [0.3, 0.4) is 0 Å². The van der Waals surface area contributed by atoms with E-state index in [-0.39, 0.29) is 29.0 Å². The average molecular weight is 364 g/mol. The van der Waals surface area contributed by atoms with E-state index in [2.05, 4.69) is 13.8 Å². The molecule has 0 saturated heterocycles. The molecule has 0 amide bonds. The third-order valence-electron chi connectivity index (χ3n) is 9.96. The van der Waals surface area contributed by atoms with Crippen molar-refractivity contribution in [3.05, 3.63) is 0 Å². The summed E-state index contributed by atoms with van der Waals surface area (Å²) in [5.41, 5.74) is -2.30. The number of aliphatic hydroxyl groups excluding tert-OH is 1. The van der Waals surface area contributed by atoms with Crippen LogP contribution in [0, 0.1) is 34.0 Å². The van der Waals surface area contributed by atoms with E-state index < -0.39 is 28.3 Å². The molecule has 0 aromatic carbocycles. The lowest BCUT2D eigenvalue weighted by Gasteiger charge is -2.80. The minimum absolute atomic E-state index is 0.0170. The average Bonchev–Trinajstić information content (AvgIpc) is 2.61. The van der Waals surface area contributed by atoms with Gasteiger partial charge in [-0.15, -0.1) is 0 Å². The fraction of sp³-hybridized carbons (Fsp3) is 0.952. The number of aliphatic hydroxyl groups is 2. The maximum atomic E-state index is 13.8. The smallest absolute Gasteiger partial charge is 0.231 e. The van der Waals surface area contributed by atoms with Gasteiger partial charge in [-0.2, -0.15) is 0 Å². The third kappa shape index (κ3) is 1.39. The van der Waals surface area contributed by atoms with Crippen molar-refractivity contribution in [2.24, 2.45) is 34.0 Å². The van der Waals surface area contributed by atoms with Crippen molar-refractivity contribution in [3.8, 4) is 0 Å². The van der Waals surface area contributed by atoms with Crippen LogP contribution < -0.4 is 0 Å². The fourth-order valence-corrected chi connectivity index (χ4v) is 9.04. The molecule has 26 heavy (non-hydrogen) atoms. The molecule has 5 heteroatoms. The molecule has 5 nitrogen and oxygen atoms in total. The SMILES string of the molecule is COC1(OC)C(=O)[C@]23CC[C@]45[C@@H](O)[C@H]2C[C@@H]1C[C@@H]3[C@]4(O)CCCC5(C)C. The lowest BCUT2D eigenvalue weighted by Crippen LogP contribution is -2.86. The van der Waals surface area contributed by atoms with Gasteiger partial charge in [0.05, 0.1) is 11.7 Å². The van der Waals surface area contributed by atoms with Crippen molar-refractivity contribution >= 4 is 5.78 Å². The molecule has 0 aromatic rings. The van der Waals surface area contributed by atoms with Gasteiger partial charge in [0.1, 0.15) is 0 Å². The van der Waals surface area contributed by atoms with Gasteiger partial charge in [0.25, 0.3) is 0 Å². The Morgan fingerprint density at radius 3 is 2.38 bits per heavy atom. The van der Waals surface area contributed by atoms with Gasteiger partial charge in [0.15, 0.2) is 5.78 Å². The molecule has 5 bridgehead atoms. The van der Waals surface area contributed by atoms with Crippen molar-refractivity contribution < 1.29 is 24.5 Å². The number of ether oxygens (including phenoxy) is 2. The van der Waals surface area contributed by atoms with E-state index in [0.717, 1.165) is 32.1 Å². The first-order valence-electron chi connectivity index (χ1n) is 10.2. The van der Waals surface area contributed by atoms with Gasteiger partial charge in [-0.3, -0.25) is 4.79 Å². The maximum absolute atomic E-state index is 13.8. The third-order valence-corrected chi connectivity index (χ3v) is 9.96. The van der Waals surface area contributed by atoms with Gasteiger partial charge >= 0.3 is 0 Å². The van der Waals surface area contributed by atoms with Crippen LogP contribution in [-0.2, 0) is 14.3 Å². The summed E-state index contributed by atoms with van der Waals surface area (Å²) in [6, 6.07) is 0. The lowest BCUT2D eigenvalue weighted by atomic mass is 9.26. The summed E-state index contributed by atoms with van der Waals surface area (Å²) in [7, 11) is 3.10. The van der Waals surface area contributed by atoms with Gasteiger partial charge in [0, 0.05) is 36.9 Å². The van der Waals surface area contributed by atoms with Crippen LogP contribution >= 0.6 is 0 Å². The van der Waals surface area contributed by atoms with E-state index in [1.807, 2.05) is 0 Å². The molecule has 2 N–H and O–H groups in total. The Hall–Kier alpha value is -0.490. The van der Waals surface area contributed by atoms with Gasteiger partial charge < -0.3 is 19.7 Å². The van der Waals surface area contributed by atoms with E-state index >= 15 is 0 Å². The second kappa shape index (κ2) is 4.73. The van der Waals surface area contributed by atoms with Crippen LogP contribution in [0.1, 0.15) is 58.8 Å². The summed E-state index contributed by atoms with van der Waals surface area (Å²) in [4.78, 5) is 13.8. The Labute approximate surface area is 155 Å². The van der Waals surface area contributed by atoms with Crippen molar-refractivity contribution in [1.82, 2.24) is 0 Å². The first kappa shape index (κ1) is 17.6. The highest BCUT2D eigenvalue weighted by molar-refractivity contribution is 5.95. The van der Waals surface area contributed by atoms with E-state index in [1.54, 1.807) is 14.2 Å². The molecular formula is C21H32O5. The molecule has 7 atom stereocenters. The maximum Gasteiger partial charge on any atom is 0.231 e. The van der Waals surface area contributed by atoms with Crippen LogP contribution in [-0.4, -0.2) is 47.7 Å². The lowest BCUT2D eigenvalue weighted by molar-refractivity contribution is -0.388. The number of fused-ring (bicyclic) bond motifs is 2. The van der Waals surface area contributed by atoms with Gasteiger partial charge in [-0.05, 0) is 49.9 Å². The highest BCUT2D eigenvalue weighted by Gasteiger charge is 2.85. The zero-order chi connectivity index (χ0) is 18.8. The zero-order valence-corrected chi connectivity index (χ0v) is 16.4. The van der Waals surface area contributed by atoms with E-state index in [4.69, 9.17) is 9.47 Å². The van der Waals surface area contributed by atoms with Crippen LogP contribution in [0.25, 0.3) is 0 Å². The van der Waals surface area contributed by atoms with Crippen molar-refractivity contribution in [1.29, 1.82) is 0 Å². The Balaban J connectivity index is 1.74. The van der Waals surface area contributed by atoms with Crippen molar-refractivity contribution in [2.75, 3.05) is 14.2 Å². The number of ketones is 1. The highest BCUT2D eigenvalue weighted by Crippen LogP contribution is 2.80. The molecule has 0 unspecified atom stereocenters. The number of methoxy groups -OCH3 is 2. The molecule has 0 aliphatic heterocycles. The van der Waals surface area contributed by atoms with Crippen LogP contribution in [0.4, 0.5) is 0 Å². The first-order chi connectivity index (χ1) is 12.2. The highest BCUT2D eigenvalue weighted by atomic mass is 16.7. The largest absolute Gasteiger partial charge is 0.392 e. The number of rotatable bonds is 2. The van der Waals surface area contributed by atoms with Gasteiger partial charge in [-0.1, -0.05) is 20.3 Å². The summed E-state index contributed by atoms with van der Waals surface area (Å²) in [6.45, 7) is 4.43. The quantitative estimate of drug-likeness (QED) is 0.735. The molecule has 7 rings (SSSR count). The van der Waals surface area contributed by atoms with E-state index in [1.165, 1.54) is 0 Å². The molecule has 0 aromatic heterocycles. The number of carbonyl (C=O) groups is 1. The Morgan fingerprint density at radius 1 is 1.04 bits per heavy atom. The fourth-order valence-electron chi connectivity index (χ4n) is 9.04. The first-order valence-corrected chi connectivity index (χ1v) is 10.2. The Morgan fingerprint density at radius 2 is 1.73 bits per heavy atom. The summed E-state index contributed by atoms with van der Waals surface area (Å²) < 4.78 is 11.4. The monoisotopic (exact) mass is 364 g/mol. The zero-order valence-electron chi connectivity index (χ0n) is 16.4. The van der Waals surface area contributed by atoms with Gasteiger partial charge in [0.2, 0.25) is 5.79 Å². The second-order valence-corrected chi connectivity index (χ2v) is 10.4. The van der Waals surface area contributed by atoms with Gasteiger partial charge in [-0.25, -0.2) is 0 Å². The van der Waals surface area contributed by atoms with Crippen molar-refractivity contribution in [2.45, 2.75) is 76.3 Å². The Kier molecular flexibility index (Phi) is 3.20. The molecule has 7 fully saturated rings. The van der Waals surface area contributed by atoms with Crippen LogP contribution in [0.2, 0.25) is 0 Å². The predicted octanol–water partition coefficient (Wildman–Crippen LogP) is 2.28. The van der Waals surface area contributed by atoms with Crippen LogP contribution in [0.5, 0.6) is 0 Å². The predicted molar refractivity (Wildman–Crippen MR) is 94.1 cm³/mol. The number of hydrogen-bond donors (Lipinski definition) is 2. The minimum Gasteiger partial charge on any atom is -0.392 e. The molecule has 7 aliphatic rings. The summed E-state index contributed by atoms with van der Waals surface area (Å²) in [5, 5.41) is 23.8. The van der Waals surface area contributed by atoms with Crippen molar-refractivity contribution in [3.63, 3.8) is 0 Å². The normalized spacial score (nSPS) is 55.7. The molecule has 2 spiro atoms. The summed E-state index contributed by atoms with van der Waals surface area (Å²) in [5.74, 6) is -1.48. The number of carbonyl (C=O) groups excluding carboxylic acids is 1. The molecule has 0 heterocycles. The summed E-state index contributed by atoms with van der Waals surface area (Å²) >= 11 is 0. The summed E-state index contributed by atoms with van der Waals surface area (Å²) in [6.07, 6.45) is 5.00. The van der Waals surface area contributed by atoms with Crippen LogP contribution in [0.15, 0.2) is 0 Å². The molecular weight excluding hydrogens is 332 g/mol. The molecule has 7 aliphatic carbocycles. The molecule has 0 radical (unpaired) electrons. The standard InChI is InChI=1S/C21H32O5/c1-17(2)6-5-7-20(24)14-11-12-10-13-15(22)19(17,20)9-8-18(13,14)16(23)21(12,25-3)26-4/h12-15,22,24H,5-11H2,1-4H3/t12-,13-,14+,15+,18-,19-,20-/m1/s1. The topological polar surface area (TPSA) is 76.0 Å². The minimum atomic E-state index is -1.20. The Bertz CT molecular complexity index is 669.